The molecule has 0 aliphatic carbocycles. The van der Waals surface area contributed by atoms with E-state index in [0.29, 0.717) is 26.2 Å². The van der Waals surface area contributed by atoms with Gasteiger partial charge in [-0.3, -0.25) is 9.59 Å². The minimum atomic E-state index is -0.819. The summed E-state index contributed by atoms with van der Waals surface area (Å²) in [6.45, 7) is 7.45. The first-order valence-corrected chi connectivity index (χ1v) is 13.8. The van der Waals surface area contributed by atoms with Crippen LogP contribution in [0.2, 0.25) is 0 Å². The molecule has 212 valence electrons. The Morgan fingerprint density at radius 1 is 0.625 bits per heavy atom. The summed E-state index contributed by atoms with van der Waals surface area (Å²) in [6, 6.07) is 29.1. The van der Waals surface area contributed by atoms with E-state index in [2.05, 4.69) is 60.7 Å². The Morgan fingerprint density at radius 2 is 1.07 bits per heavy atom. The first kappa shape index (κ1) is 30.8. The summed E-state index contributed by atoms with van der Waals surface area (Å²) < 4.78 is 16.1. The lowest BCUT2D eigenvalue weighted by atomic mass is 10.0. The third kappa shape index (κ3) is 10.8. The maximum Gasteiger partial charge on any atom is 0.308 e. The second-order valence-corrected chi connectivity index (χ2v) is 10.5. The van der Waals surface area contributed by atoms with Crippen molar-refractivity contribution in [1.82, 2.24) is 0 Å². The first-order valence-electron chi connectivity index (χ1n) is 13.8. The molecule has 6 heteroatoms. The fourth-order valence-electron chi connectivity index (χ4n) is 4.30. The summed E-state index contributed by atoms with van der Waals surface area (Å²) in [5.74, 6) is -1.03. The van der Waals surface area contributed by atoms with Gasteiger partial charge in [0.05, 0.1) is 39.3 Å². The summed E-state index contributed by atoms with van der Waals surface area (Å²) in [6.07, 6.45) is 2.01. The van der Waals surface area contributed by atoms with Gasteiger partial charge in [-0.1, -0.05) is 84.9 Å². The number of rotatable bonds is 12. The molecule has 4 aromatic rings. The Balaban J connectivity index is 0.000000225. The monoisotopic (exact) mass is 544 g/mol. The van der Waals surface area contributed by atoms with E-state index < -0.39 is 11.6 Å². The highest BCUT2D eigenvalue weighted by Crippen LogP contribution is 2.20. The molecule has 40 heavy (non-hydrogen) atoms. The lowest BCUT2D eigenvalue weighted by molar-refractivity contribution is -0.156. The second-order valence-electron chi connectivity index (χ2n) is 10.5. The van der Waals surface area contributed by atoms with Crippen molar-refractivity contribution >= 4 is 33.5 Å². The zero-order valence-electron chi connectivity index (χ0n) is 23.7. The van der Waals surface area contributed by atoms with Crippen LogP contribution in [-0.4, -0.2) is 49.1 Å². The van der Waals surface area contributed by atoms with Crippen LogP contribution in [-0.2, 0) is 36.6 Å². The smallest absolute Gasteiger partial charge is 0.308 e. The SMILES string of the molecule is CC(C)(C)OC(=O)CCOCCc1cccc2ccccc12.O=C(O)CCOCCc1cccc2ccccc12. The summed E-state index contributed by atoms with van der Waals surface area (Å²) in [4.78, 5) is 21.9. The third-order valence-electron chi connectivity index (χ3n) is 6.12. The van der Waals surface area contributed by atoms with Crippen LogP contribution < -0.4 is 0 Å². The Hall–Kier alpha value is -3.74. The molecule has 0 radical (unpaired) electrons. The number of esters is 1. The average Bonchev–Trinajstić information content (AvgIpc) is 2.92. The molecule has 0 aliphatic heterocycles. The molecule has 1 N–H and O–H groups in total. The van der Waals surface area contributed by atoms with E-state index in [1.165, 1.54) is 32.7 Å². The van der Waals surface area contributed by atoms with E-state index in [4.69, 9.17) is 19.3 Å². The fraction of sp³-hybridized carbons (Fsp3) is 0.353. The predicted octanol–water partition coefficient (Wildman–Crippen LogP) is 7.00. The average molecular weight is 545 g/mol. The second kappa shape index (κ2) is 15.8. The topological polar surface area (TPSA) is 82.1 Å². The number of carboxylic acids is 1. The Labute approximate surface area is 236 Å². The summed E-state index contributed by atoms with van der Waals surface area (Å²) in [5.41, 5.74) is 2.08. The molecular weight excluding hydrogens is 504 g/mol. The number of aliphatic carboxylic acids is 1. The van der Waals surface area contributed by atoms with Crippen LogP contribution in [0.1, 0.15) is 44.7 Å². The van der Waals surface area contributed by atoms with Crippen molar-refractivity contribution < 1.29 is 28.9 Å². The highest BCUT2D eigenvalue weighted by molar-refractivity contribution is 5.86. The number of benzene rings is 4. The Kier molecular flexibility index (Phi) is 12.1. The largest absolute Gasteiger partial charge is 0.481 e. The van der Waals surface area contributed by atoms with E-state index in [1.54, 1.807) is 0 Å². The van der Waals surface area contributed by atoms with Crippen LogP contribution >= 0.6 is 0 Å². The Morgan fingerprint density at radius 3 is 1.55 bits per heavy atom. The van der Waals surface area contributed by atoms with E-state index in [9.17, 15) is 9.59 Å². The van der Waals surface area contributed by atoms with E-state index in [1.807, 2.05) is 45.0 Å². The van der Waals surface area contributed by atoms with Crippen molar-refractivity contribution in [3.05, 3.63) is 96.1 Å². The number of ether oxygens (including phenoxy) is 3. The number of carboxylic acid groups (broad SMARTS) is 1. The molecule has 0 heterocycles. The van der Waals surface area contributed by atoms with Crippen molar-refractivity contribution in [2.45, 2.75) is 52.1 Å². The molecule has 4 aromatic carbocycles. The van der Waals surface area contributed by atoms with Gasteiger partial charge in [0.1, 0.15) is 5.60 Å². The predicted molar refractivity (Wildman–Crippen MR) is 160 cm³/mol. The lowest BCUT2D eigenvalue weighted by Gasteiger charge is -2.19. The first-order chi connectivity index (χ1) is 19.2. The third-order valence-corrected chi connectivity index (χ3v) is 6.12. The van der Waals surface area contributed by atoms with Crippen LogP contribution in [0.5, 0.6) is 0 Å². The molecule has 6 nitrogen and oxygen atoms in total. The van der Waals surface area contributed by atoms with Gasteiger partial charge >= 0.3 is 11.9 Å². The highest BCUT2D eigenvalue weighted by atomic mass is 16.6. The van der Waals surface area contributed by atoms with Gasteiger partial charge in [-0.05, 0) is 66.3 Å². The molecule has 0 aliphatic rings. The minimum Gasteiger partial charge on any atom is -0.481 e. The van der Waals surface area contributed by atoms with Crippen LogP contribution in [0.3, 0.4) is 0 Å². The molecule has 0 unspecified atom stereocenters. The highest BCUT2D eigenvalue weighted by Gasteiger charge is 2.15. The maximum absolute atomic E-state index is 11.6. The van der Waals surface area contributed by atoms with Crippen LogP contribution in [0.25, 0.3) is 21.5 Å². The molecule has 0 amide bonds. The number of fused-ring (bicyclic) bond motifs is 2. The van der Waals surface area contributed by atoms with E-state index in [-0.39, 0.29) is 19.0 Å². The van der Waals surface area contributed by atoms with Crippen molar-refractivity contribution in [2.75, 3.05) is 26.4 Å². The molecule has 0 atom stereocenters. The maximum atomic E-state index is 11.6. The fourth-order valence-corrected chi connectivity index (χ4v) is 4.30. The van der Waals surface area contributed by atoms with Crippen LogP contribution in [0.15, 0.2) is 84.9 Å². The molecule has 0 saturated carbocycles. The Bertz CT molecular complexity index is 1360. The molecule has 0 aromatic heterocycles. The molecule has 0 spiro atoms. The summed E-state index contributed by atoms with van der Waals surface area (Å²) >= 11 is 0. The van der Waals surface area contributed by atoms with Crippen molar-refractivity contribution in [3.63, 3.8) is 0 Å². The van der Waals surface area contributed by atoms with Gasteiger partial charge in [-0.2, -0.15) is 0 Å². The van der Waals surface area contributed by atoms with Crippen molar-refractivity contribution in [3.8, 4) is 0 Å². The summed E-state index contributed by atoms with van der Waals surface area (Å²) in [5, 5.41) is 13.5. The van der Waals surface area contributed by atoms with Gasteiger partial charge in [0.2, 0.25) is 0 Å². The molecule has 0 saturated heterocycles. The van der Waals surface area contributed by atoms with Crippen LogP contribution in [0.4, 0.5) is 0 Å². The number of carbonyl (C=O) groups excluding carboxylic acids is 1. The van der Waals surface area contributed by atoms with Gasteiger partial charge in [-0.15, -0.1) is 0 Å². The van der Waals surface area contributed by atoms with Gasteiger partial charge in [0.15, 0.2) is 0 Å². The van der Waals surface area contributed by atoms with Crippen molar-refractivity contribution in [2.24, 2.45) is 0 Å². The molecule has 0 fully saturated rings. The normalized spacial score (nSPS) is 11.2. The van der Waals surface area contributed by atoms with Gasteiger partial charge in [0, 0.05) is 0 Å². The standard InChI is InChI=1S/C19H24O3.C15H16O3/c1-19(2,3)22-18(20)12-14-21-13-11-16-9-6-8-15-7-4-5-10-17(15)16;16-15(17)9-11-18-10-8-13-6-3-5-12-4-1-2-7-14(12)13/h4-10H,11-14H2,1-3H3;1-7H,8-11H2,(H,16,17). The molecule has 0 bridgehead atoms. The minimum absolute atomic E-state index is 0.0650. The summed E-state index contributed by atoms with van der Waals surface area (Å²) in [7, 11) is 0. The van der Waals surface area contributed by atoms with Gasteiger partial charge in [0.25, 0.3) is 0 Å². The van der Waals surface area contributed by atoms with Crippen LogP contribution in [0, 0.1) is 0 Å². The van der Waals surface area contributed by atoms with E-state index >= 15 is 0 Å². The van der Waals surface area contributed by atoms with Crippen molar-refractivity contribution in [1.29, 1.82) is 0 Å². The quantitative estimate of drug-likeness (QED) is 0.153. The zero-order valence-corrected chi connectivity index (χ0v) is 23.7. The lowest BCUT2D eigenvalue weighted by Crippen LogP contribution is -2.24. The van der Waals surface area contributed by atoms with E-state index in [0.717, 1.165) is 12.8 Å². The number of hydrogen-bond acceptors (Lipinski definition) is 5. The van der Waals surface area contributed by atoms with Gasteiger partial charge < -0.3 is 19.3 Å². The number of hydrogen-bond donors (Lipinski definition) is 1. The molecule has 4 rings (SSSR count). The molecular formula is C34H40O6. The van der Waals surface area contributed by atoms with Gasteiger partial charge in [-0.25, -0.2) is 0 Å². The zero-order chi connectivity index (χ0) is 28.8. The number of carbonyl (C=O) groups is 2.